The molecule has 7 heteroatoms. The summed E-state index contributed by atoms with van der Waals surface area (Å²) in [4.78, 5) is 46.8. The van der Waals surface area contributed by atoms with E-state index in [9.17, 15) is 19.2 Å². The Labute approximate surface area is 127 Å². The van der Waals surface area contributed by atoms with Crippen molar-refractivity contribution in [2.75, 3.05) is 11.9 Å². The number of hydrogen-bond acceptors (Lipinski definition) is 4. The molecule has 1 fully saturated rings. The lowest BCUT2D eigenvalue weighted by atomic mass is 10.1. The van der Waals surface area contributed by atoms with E-state index in [1.807, 2.05) is 0 Å². The van der Waals surface area contributed by atoms with Crippen LogP contribution in [0, 0.1) is 0 Å². The van der Waals surface area contributed by atoms with E-state index < -0.39 is 17.7 Å². The van der Waals surface area contributed by atoms with Crippen molar-refractivity contribution in [2.24, 2.45) is 0 Å². The lowest BCUT2D eigenvalue weighted by Gasteiger charge is -2.25. The quantitative estimate of drug-likeness (QED) is 0.777. The number of nitrogens with zero attached hydrogens (tertiary/aromatic N) is 1. The van der Waals surface area contributed by atoms with Gasteiger partial charge in [-0.25, -0.2) is 0 Å². The molecule has 1 aromatic carbocycles. The second-order valence-electron chi connectivity index (χ2n) is 4.82. The van der Waals surface area contributed by atoms with Gasteiger partial charge in [0.1, 0.15) is 12.2 Å². The van der Waals surface area contributed by atoms with Crippen molar-refractivity contribution >= 4 is 35.4 Å². The van der Waals surface area contributed by atoms with Crippen molar-refractivity contribution in [3.05, 3.63) is 35.5 Å². The monoisotopic (exact) mass is 301 g/mol. The Kier molecular flexibility index (Phi) is 4.36. The van der Waals surface area contributed by atoms with Crippen LogP contribution < -0.4 is 10.6 Å². The number of benzene rings is 1. The third-order valence-corrected chi connectivity index (χ3v) is 2.97. The Bertz CT molecular complexity index is 677. The number of hydrogen-bond donors (Lipinski definition) is 2. The molecule has 22 heavy (non-hydrogen) atoms. The number of carbonyl (C=O) groups excluding carboxylic acids is 4. The van der Waals surface area contributed by atoms with Crippen molar-refractivity contribution in [1.29, 1.82) is 0 Å². The molecule has 0 aromatic heterocycles. The minimum Gasteiger partial charge on any atom is -0.326 e. The summed E-state index contributed by atoms with van der Waals surface area (Å²) in [5.41, 5.74) is 1.32. The second-order valence-corrected chi connectivity index (χ2v) is 4.82. The van der Waals surface area contributed by atoms with E-state index >= 15 is 0 Å². The number of anilines is 1. The highest BCUT2D eigenvalue weighted by atomic mass is 16.2. The van der Waals surface area contributed by atoms with Crippen LogP contribution in [0.15, 0.2) is 30.0 Å². The van der Waals surface area contributed by atoms with Crippen LogP contribution in [0.25, 0.3) is 6.08 Å². The fourth-order valence-corrected chi connectivity index (χ4v) is 1.99. The Hall–Kier alpha value is -2.96. The van der Waals surface area contributed by atoms with E-state index in [1.165, 1.54) is 19.9 Å². The topological polar surface area (TPSA) is 95.6 Å². The highest BCUT2D eigenvalue weighted by Gasteiger charge is 2.30. The summed E-state index contributed by atoms with van der Waals surface area (Å²) in [5, 5.41) is 5.08. The van der Waals surface area contributed by atoms with Gasteiger partial charge in [0.15, 0.2) is 0 Å². The fraction of sp³-hybridized carbons (Fsp3) is 0.200. The van der Waals surface area contributed by atoms with Gasteiger partial charge in [-0.15, -0.1) is 0 Å². The highest BCUT2D eigenvalue weighted by molar-refractivity contribution is 6.12. The number of amides is 4. The molecule has 1 heterocycles. The number of rotatable bonds is 2. The minimum absolute atomic E-state index is 0.0405. The van der Waals surface area contributed by atoms with Gasteiger partial charge >= 0.3 is 0 Å². The molecule has 1 aliphatic rings. The summed E-state index contributed by atoms with van der Waals surface area (Å²) < 4.78 is 0. The zero-order valence-electron chi connectivity index (χ0n) is 12.2. The zero-order chi connectivity index (χ0) is 16.3. The van der Waals surface area contributed by atoms with Crippen LogP contribution in [0.1, 0.15) is 19.4 Å². The van der Waals surface area contributed by atoms with Crippen LogP contribution in [0.4, 0.5) is 5.69 Å². The first-order chi connectivity index (χ1) is 10.4. The van der Waals surface area contributed by atoms with Gasteiger partial charge in [-0.05, 0) is 23.8 Å². The van der Waals surface area contributed by atoms with Gasteiger partial charge in [0.25, 0.3) is 5.91 Å². The number of imide groups is 1. The molecule has 0 atom stereocenters. The second kappa shape index (κ2) is 6.21. The van der Waals surface area contributed by atoms with Crippen molar-refractivity contribution in [1.82, 2.24) is 10.2 Å². The molecule has 114 valence electrons. The van der Waals surface area contributed by atoms with Gasteiger partial charge in [0, 0.05) is 19.5 Å². The van der Waals surface area contributed by atoms with Crippen molar-refractivity contribution in [3.63, 3.8) is 0 Å². The summed E-state index contributed by atoms with van der Waals surface area (Å²) in [6.07, 6.45) is 1.48. The molecular weight excluding hydrogens is 286 g/mol. The van der Waals surface area contributed by atoms with Gasteiger partial charge in [0.2, 0.25) is 17.7 Å². The molecule has 7 nitrogen and oxygen atoms in total. The molecule has 0 aliphatic carbocycles. The normalized spacial score (nSPS) is 16.5. The molecule has 1 saturated heterocycles. The predicted octanol–water partition coefficient (Wildman–Crippen LogP) is 0.491. The maximum absolute atomic E-state index is 12.1. The van der Waals surface area contributed by atoms with Gasteiger partial charge in [-0.3, -0.25) is 24.1 Å². The molecule has 1 aromatic rings. The number of carbonyl (C=O) groups is 4. The van der Waals surface area contributed by atoms with Crippen molar-refractivity contribution in [3.8, 4) is 0 Å². The molecule has 0 unspecified atom stereocenters. The Morgan fingerprint density at radius 3 is 2.36 bits per heavy atom. The highest BCUT2D eigenvalue weighted by Crippen LogP contribution is 2.14. The lowest BCUT2D eigenvalue weighted by molar-refractivity contribution is -0.147. The van der Waals surface area contributed by atoms with E-state index in [2.05, 4.69) is 10.6 Å². The number of nitrogens with one attached hydrogen (secondary N) is 2. The zero-order valence-corrected chi connectivity index (χ0v) is 12.2. The van der Waals surface area contributed by atoms with Crippen LogP contribution in [0.3, 0.4) is 0 Å². The summed E-state index contributed by atoms with van der Waals surface area (Å²) in [7, 11) is 0. The van der Waals surface area contributed by atoms with Crippen molar-refractivity contribution in [2.45, 2.75) is 13.8 Å². The van der Waals surface area contributed by atoms with E-state index in [1.54, 1.807) is 24.3 Å². The summed E-state index contributed by atoms with van der Waals surface area (Å²) in [5.74, 6) is -1.63. The third-order valence-electron chi connectivity index (χ3n) is 2.97. The summed E-state index contributed by atoms with van der Waals surface area (Å²) in [6, 6.07) is 6.71. The van der Waals surface area contributed by atoms with Crippen LogP contribution in [0.5, 0.6) is 0 Å². The maximum Gasteiger partial charge on any atom is 0.277 e. The molecule has 2 rings (SSSR count). The lowest BCUT2D eigenvalue weighted by Crippen LogP contribution is -2.51. The van der Waals surface area contributed by atoms with Gasteiger partial charge in [0.05, 0.1) is 0 Å². The first-order valence-corrected chi connectivity index (χ1v) is 6.58. The number of piperazine rings is 1. The minimum atomic E-state index is -0.543. The van der Waals surface area contributed by atoms with Gasteiger partial charge < -0.3 is 10.6 Å². The fourth-order valence-electron chi connectivity index (χ4n) is 1.99. The predicted molar refractivity (Wildman–Crippen MR) is 79.3 cm³/mol. The molecule has 0 saturated carbocycles. The Morgan fingerprint density at radius 1 is 1.18 bits per heavy atom. The third kappa shape index (κ3) is 3.57. The first kappa shape index (κ1) is 15.4. The maximum atomic E-state index is 12.1. The average Bonchev–Trinajstić information content (AvgIpc) is 2.43. The van der Waals surface area contributed by atoms with Crippen LogP contribution in [-0.4, -0.2) is 35.1 Å². The SMILES string of the molecule is CC(=O)Nc1ccc(/C=C2/NC(=O)CN(C(C)=O)C2=O)cc1. The first-order valence-electron chi connectivity index (χ1n) is 6.58. The average molecular weight is 301 g/mol. The molecule has 0 spiro atoms. The van der Waals surface area contributed by atoms with Crippen LogP contribution in [-0.2, 0) is 19.2 Å². The standard InChI is InChI=1S/C15H15N3O4/c1-9(19)16-12-5-3-11(4-6-12)7-13-15(22)18(10(2)20)8-14(21)17-13/h3-7H,8H2,1-2H3,(H,16,19)(H,17,21)/b13-7+. The van der Waals surface area contributed by atoms with E-state index in [0.29, 0.717) is 11.3 Å². The Balaban J connectivity index is 2.23. The van der Waals surface area contributed by atoms with Crippen molar-refractivity contribution < 1.29 is 19.2 Å². The van der Waals surface area contributed by atoms with Crippen LogP contribution in [0.2, 0.25) is 0 Å². The summed E-state index contributed by atoms with van der Waals surface area (Å²) >= 11 is 0. The van der Waals surface area contributed by atoms with E-state index in [0.717, 1.165) is 4.90 Å². The molecular formula is C15H15N3O4. The van der Waals surface area contributed by atoms with Gasteiger partial charge in [-0.2, -0.15) is 0 Å². The Morgan fingerprint density at radius 2 is 1.82 bits per heavy atom. The van der Waals surface area contributed by atoms with Crippen LogP contribution >= 0.6 is 0 Å². The molecule has 2 N–H and O–H groups in total. The smallest absolute Gasteiger partial charge is 0.277 e. The van der Waals surface area contributed by atoms with E-state index in [4.69, 9.17) is 0 Å². The van der Waals surface area contributed by atoms with Gasteiger partial charge in [-0.1, -0.05) is 12.1 Å². The van der Waals surface area contributed by atoms with E-state index in [-0.39, 0.29) is 18.1 Å². The largest absolute Gasteiger partial charge is 0.326 e. The molecule has 4 amide bonds. The summed E-state index contributed by atoms with van der Waals surface area (Å²) in [6.45, 7) is 2.37. The molecule has 1 aliphatic heterocycles. The molecule has 0 bridgehead atoms. The molecule has 0 radical (unpaired) electrons.